The molecule has 1 atom stereocenters. The summed E-state index contributed by atoms with van der Waals surface area (Å²) in [4.78, 5) is 0. The molecule has 1 saturated heterocycles. The first-order chi connectivity index (χ1) is 8.25. The molecule has 1 aliphatic heterocycles. The van der Waals surface area contributed by atoms with Gasteiger partial charge in [-0.15, -0.1) is 0 Å². The second kappa shape index (κ2) is 6.03. The van der Waals surface area contributed by atoms with Crippen molar-refractivity contribution in [2.45, 2.75) is 25.8 Å². The first-order valence-corrected chi connectivity index (χ1v) is 6.32. The molecule has 0 aliphatic carbocycles. The van der Waals surface area contributed by atoms with Crippen molar-refractivity contribution in [3.63, 3.8) is 0 Å². The summed E-state index contributed by atoms with van der Waals surface area (Å²) in [5.74, 6) is 1.55. The van der Waals surface area contributed by atoms with Crippen molar-refractivity contribution in [1.29, 1.82) is 0 Å². The summed E-state index contributed by atoms with van der Waals surface area (Å²) in [6, 6.07) is 8.11. The molecule has 1 aromatic carbocycles. The molecular formula is C14H21NO2. The Morgan fingerprint density at radius 3 is 2.88 bits per heavy atom. The van der Waals surface area contributed by atoms with Crippen LogP contribution in [-0.2, 0) is 4.74 Å². The first-order valence-electron chi connectivity index (χ1n) is 6.32. The Balaban J connectivity index is 1.87. The van der Waals surface area contributed by atoms with E-state index in [2.05, 4.69) is 0 Å². The summed E-state index contributed by atoms with van der Waals surface area (Å²) >= 11 is 0. The smallest absolute Gasteiger partial charge is 0.119 e. The van der Waals surface area contributed by atoms with Crippen LogP contribution in [0.5, 0.6) is 5.75 Å². The highest BCUT2D eigenvalue weighted by molar-refractivity contribution is 5.30. The lowest BCUT2D eigenvalue weighted by Crippen LogP contribution is -2.21. The topological polar surface area (TPSA) is 44.5 Å². The van der Waals surface area contributed by atoms with Crippen LogP contribution in [0.25, 0.3) is 0 Å². The van der Waals surface area contributed by atoms with Crippen molar-refractivity contribution < 1.29 is 9.47 Å². The van der Waals surface area contributed by atoms with E-state index in [1.54, 1.807) is 0 Å². The summed E-state index contributed by atoms with van der Waals surface area (Å²) < 4.78 is 11.2. The second-order valence-electron chi connectivity index (χ2n) is 4.73. The number of hydrogen-bond acceptors (Lipinski definition) is 3. The molecule has 3 heteroatoms. The Bertz CT molecular complexity index is 346. The van der Waals surface area contributed by atoms with Crippen molar-refractivity contribution in [3.05, 3.63) is 29.8 Å². The first kappa shape index (κ1) is 12.4. The summed E-state index contributed by atoms with van der Waals surface area (Å²) in [6.07, 6.45) is 2.21. The molecular weight excluding hydrogens is 214 g/mol. The highest BCUT2D eigenvalue weighted by Crippen LogP contribution is 2.20. The van der Waals surface area contributed by atoms with Crippen molar-refractivity contribution in [1.82, 2.24) is 0 Å². The maximum absolute atomic E-state index is 5.85. The van der Waals surface area contributed by atoms with Crippen LogP contribution >= 0.6 is 0 Å². The van der Waals surface area contributed by atoms with Gasteiger partial charge in [0.2, 0.25) is 0 Å². The van der Waals surface area contributed by atoms with Gasteiger partial charge in [0.25, 0.3) is 0 Å². The van der Waals surface area contributed by atoms with E-state index in [1.807, 2.05) is 31.2 Å². The van der Waals surface area contributed by atoms with Gasteiger partial charge in [0.15, 0.2) is 0 Å². The van der Waals surface area contributed by atoms with Crippen molar-refractivity contribution in [3.8, 4) is 5.75 Å². The molecule has 17 heavy (non-hydrogen) atoms. The Labute approximate surface area is 103 Å². The molecule has 0 radical (unpaired) electrons. The Hall–Kier alpha value is -1.06. The van der Waals surface area contributed by atoms with Gasteiger partial charge in [0.1, 0.15) is 5.75 Å². The van der Waals surface area contributed by atoms with E-state index in [4.69, 9.17) is 15.2 Å². The van der Waals surface area contributed by atoms with Crippen LogP contribution in [0.2, 0.25) is 0 Å². The van der Waals surface area contributed by atoms with Crippen LogP contribution in [0.1, 0.15) is 31.4 Å². The lowest BCUT2D eigenvalue weighted by molar-refractivity contribution is 0.0497. The van der Waals surface area contributed by atoms with Crippen molar-refractivity contribution in [2.24, 2.45) is 11.7 Å². The maximum Gasteiger partial charge on any atom is 0.119 e. The average Bonchev–Trinajstić information content (AvgIpc) is 2.38. The zero-order chi connectivity index (χ0) is 12.1. The van der Waals surface area contributed by atoms with Crippen LogP contribution in [0, 0.1) is 5.92 Å². The van der Waals surface area contributed by atoms with Gasteiger partial charge in [0, 0.05) is 19.3 Å². The largest absolute Gasteiger partial charge is 0.493 e. The van der Waals surface area contributed by atoms with Crippen LogP contribution in [0.15, 0.2) is 24.3 Å². The normalized spacial score (nSPS) is 18.9. The van der Waals surface area contributed by atoms with E-state index in [1.165, 1.54) is 0 Å². The molecule has 0 spiro atoms. The lowest BCUT2D eigenvalue weighted by atomic mass is 10.0. The SMILES string of the molecule is C[C@@H](N)c1cccc(OCC2CCOCC2)c1. The van der Waals surface area contributed by atoms with Crippen molar-refractivity contribution in [2.75, 3.05) is 19.8 Å². The molecule has 1 aliphatic rings. The zero-order valence-electron chi connectivity index (χ0n) is 10.4. The molecule has 1 aromatic rings. The minimum absolute atomic E-state index is 0.0571. The van der Waals surface area contributed by atoms with Crippen LogP contribution in [0.4, 0.5) is 0 Å². The van der Waals surface area contributed by atoms with Gasteiger partial charge < -0.3 is 15.2 Å². The van der Waals surface area contributed by atoms with E-state index < -0.39 is 0 Å². The molecule has 3 nitrogen and oxygen atoms in total. The van der Waals surface area contributed by atoms with Crippen LogP contribution < -0.4 is 10.5 Å². The fourth-order valence-electron chi connectivity index (χ4n) is 2.01. The number of rotatable bonds is 4. The third-order valence-electron chi connectivity index (χ3n) is 3.21. The quantitative estimate of drug-likeness (QED) is 0.872. The van der Waals surface area contributed by atoms with Crippen LogP contribution in [-0.4, -0.2) is 19.8 Å². The standard InChI is InChI=1S/C14H21NO2/c1-11(15)13-3-2-4-14(9-13)17-10-12-5-7-16-8-6-12/h2-4,9,11-12H,5-8,10,15H2,1H3/t11-/m1/s1. The second-order valence-corrected chi connectivity index (χ2v) is 4.73. The number of benzene rings is 1. The molecule has 0 aromatic heterocycles. The number of nitrogens with two attached hydrogens (primary N) is 1. The molecule has 0 saturated carbocycles. The predicted octanol–water partition coefficient (Wildman–Crippen LogP) is 2.51. The predicted molar refractivity (Wildman–Crippen MR) is 68.1 cm³/mol. The molecule has 2 N–H and O–H groups in total. The Kier molecular flexibility index (Phi) is 4.40. The van der Waals surface area contributed by atoms with Crippen LogP contribution in [0.3, 0.4) is 0 Å². The summed E-state index contributed by atoms with van der Waals surface area (Å²) in [5.41, 5.74) is 6.97. The summed E-state index contributed by atoms with van der Waals surface area (Å²) in [5, 5.41) is 0. The minimum atomic E-state index is 0.0571. The van der Waals surface area contributed by atoms with Gasteiger partial charge in [-0.2, -0.15) is 0 Å². The monoisotopic (exact) mass is 235 g/mol. The van der Waals surface area contributed by atoms with E-state index >= 15 is 0 Å². The molecule has 0 unspecified atom stereocenters. The van der Waals surface area contributed by atoms with Gasteiger partial charge in [-0.05, 0) is 43.4 Å². The van der Waals surface area contributed by atoms with Gasteiger partial charge in [-0.25, -0.2) is 0 Å². The molecule has 0 bridgehead atoms. The molecule has 94 valence electrons. The molecule has 0 amide bonds. The zero-order valence-corrected chi connectivity index (χ0v) is 10.4. The molecule has 1 heterocycles. The average molecular weight is 235 g/mol. The molecule has 1 fully saturated rings. The third-order valence-corrected chi connectivity index (χ3v) is 3.21. The number of ether oxygens (including phenoxy) is 2. The number of hydrogen-bond donors (Lipinski definition) is 1. The van der Waals surface area contributed by atoms with Gasteiger partial charge in [-0.1, -0.05) is 12.1 Å². The van der Waals surface area contributed by atoms with Gasteiger partial charge in [0.05, 0.1) is 6.61 Å². The van der Waals surface area contributed by atoms with Gasteiger partial charge >= 0.3 is 0 Å². The van der Waals surface area contributed by atoms with E-state index in [0.717, 1.165) is 44.0 Å². The highest BCUT2D eigenvalue weighted by atomic mass is 16.5. The van der Waals surface area contributed by atoms with Gasteiger partial charge in [-0.3, -0.25) is 0 Å². The van der Waals surface area contributed by atoms with E-state index in [9.17, 15) is 0 Å². The third kappa shape index (κ3) is 3.72. The summed E-state index contributed by atoms with van der Waals surface area (Å²) in [7, 11) is 0. The maximum atomic E-state index is 5.85. The highest BCUT2D eigenvalue weighted by Gasteiger charge is 2.14. The fraction of sp³-hybridized carbons (Fsp3) is 0.571. The Morgan fingerprint density at radius 2 is 2.18 bits per heavy atom. The van der Waals surface area contributed by atoms with E-state index in [-0.39, 0.29) is 6.04 Å². The van der Waals surface area contributed by atoms with Crippen molar-refractivity contribution >= 4 is 0 Å². The fourth-order valence-corrected chi connectivity index (χ4v) is 2.01. The lowest BCUT2D eigenvalue weighted by Gasteiger charge is -2.22. The summed E-state index contributed by atoms with van der Waals surface area (Å²) in [6.45, 7) is 4.51. The minimum Gasteiger partial charge on any atom is -0.493 e. The Morgan fingerprint density at radius 1 is 1.41 bits per heavy atom. The molecule has 2 rings (SSSR count). The van der Waals surface area contributed by atoms with E-state index in [0.29, 0.717) is 5.92 Å².